The molecule has 0 aliphatic heterocycles. The second-order valence-corrected chi connectivity index (χ2v) is 5.07. The lowest BCUT2D eigenvalue weighted by atomic mass is 10.4. The van der Waals surface area contributed by atoms with Gasteiger partial charge in [-0.05, 0) is 0 Å². The van der Waals surface area contributed by atoms with Crippen molar-refractivity contribution in [3.63, 3.8) is 0 Å². The van der Waals surface area contributed by atoms with E-state index in [4.69, 9.17) is 4.42 Å². The van der Waals surface area contributed by atoms with E-state index in [0.717, 1.165) is 0 Å². The third-order valence-electron chi connectivity index (χ3n) is 2.63. The van der Waals surface area contributed by atoms with E-state index in [9.17, 15) is 4.79 Å². The van der Waals surface area contributed by atoms with Crippen LogP contribution >= 0.6 is 11.3 Å². The van der Waals surface area contributed by atoms with Gasteiger partial charge in [-0.15, -0.1) is 11.3 Å². The highest BCUT2D eigenvalue weighted by molar-refractivity contribution is 7.13. The van der Waals surface area contributed by atoms with Gasteiger partial charge in [-0.1, -0.05) is 0 Å². The number of thiazole rings is 1. The van der Waals surface area contributed by atoms with Crippen LogP contribution in [0.2, 0.25) is 0 Å². The average Bonchev–Trinajstić information content (AvgIpc) is 3.07. The van der Waals surface area contributed by atoms with Crippen LogP contribution in [0, 0.1) is 6.92 Å². The largest absolute Gasteiger partial charge is 0.422 e. The number of rotatable bonds is 5. The maximum atomic E-state index is 11.7. The highest BCUT2D eigenvalue weighted by Gasteiger charge is 2.10. The van der Waals surface area contributed by atoms with Gasteiger partial charge in [0.1, 0.15) is 6.33 Å². The summed E-state index contributed by atoms with van der Waals surface area (Å²) >= 11 is 1.38. The first kappa shape index (κ1) is 13.4. The molecule has 0 aromatic carbocycles. The number of oxazole rings is 1. The molecule has 0 unspecified atom stereocenters. The third-order valence-corrected chi connectivity index (χ3v) is 3.31. The number of aromatic nitrogens is 4. The summed E-state index contributed by atoms with van der Waals surface area (Å²) in [5.74, 6) is 0.966. The lowest BCUT2D eigenvalue weighted by Gasteiger charge is -2.05. The predicted octanol–water partition coefficient (Wildman–Crippen LogP) is 1.82. The number of aryl methyl sites for hydroxylation is 1. The van der Waals surface area contributed by atoms with Gasteiger partial charge in [0.15, 0.2) is 22.4 Å². The summed E-state index contributed by atoms with van der Waals surface area (Å²) in [5, 5.41) is 8.17. The molecule has 9 heteroatoms. The highest BCUT2D eigenvalue weighted by Crippen LogP contribution is 2.18. The summed E-state index contributed by atoms with van der Waals surface area (Å²) in [6, 6.07) is 0. The molecule has 108 valence electrons. The fraction of sp³-hybridized carbons (Fsp3) is 0.250. The van der Waals surface area contributed by atoms with E-state index in [1.54, 1.807) is 18.5 Å². The SMILES string of the molecule is Cc1nc2c(NCCC(=O)Nc3nccs3)ncnc2o1. The summed E-state index contributed by atoms with van der Waals surface area (Å²) in [5.41, 5.74) is 0.993. The molecule has 2 N–H and O–H groups in total. The Morgan fingerprint density at radius 2 is 2.29 bits per heavy atom. The van der Waals surface area contributed by atoms with Gasteiger partial charge < -0.3 is 15.1 Å². The minimum Gasteiger partial charge on any atom is -0.422 e. The number of hydrogen-bond acceptors (Lipinski definition) is 8. The van der Waals surface area contributed by atoms with E-state index in [2.05, 4.69) is 30.6 Å². The fourth-order valence-corrected chi connectivity index (χ4v) is 2.29. The maximum absolute atomic E-state index is 11.7. The molecule has 0 aliphatic carbocycles. The summed E-state index contributed by atoms with van der Waals surface area (Å²) in [6.07, 6.45) is 3.33. The van der Waals surface area contributed by atoms with E-state index < -0.39 is 0 Å². The molecule has 0 spiro atoms. The molecule has 0 radical (unpaired) electrons. The Hall–Kier alpha value is -2.55. The fourth-order valence-electron chi connectivity index (χ4n) is 1.75. The number of nitrogens with zero attached hydrogens (tertiary/aromatic N) is 4. The average molecular weight is 304 g/mol. The quantitative estimate of drug-likeness (QED) is 0.740. The Morgan fingerprint density at radius 3 is 3.10 bits per heavy atom. The summed E-state index contributed by atoms with van der Waals surface area (Å²) < 4.78 is 5.32. The van der Waals surface area contributed by atoms with Crippen molar-refractivity contribution in [1.82, 2.24) is 19.9 Å². The molecule has 0 saturated carbocycles. The molecular weight excluding hydrogens is 292 g/mol. The number of fused-ring (bicyclic) bond motifs is 1. The molecule has 3 aromatic rings. The van der Waals surface area contributed by atoms with Gasteiger partial charge in [0.05, 0.1) is 0 Å². The monoisotopic (exact) mass is 304 g/mol. The summed E-state index contributed by atoms with van der Waals surface area (Å²) in [4.78, 5) is 28.0. The van der Waals surface area contributed by atoms with Crippen LogP contribution < -0.4 is 10.6 Å². The van der Waals surface area contributed by atoms with E-state index in [1.807, 2.05) is 0 Å². The predicted molar refractivity (Wildman–Crippen MR) is 78.2 cm³/mol. The van der Waals surface area contributed by atoms with Gasteiger partial charge in [0, 0.05) is 31.5 Å². The molecule has 0 atom stereocenters. The number of amides is 1. The van der Waals surface area contributed by atoms with Gasteiger partial charge in [-0.2, -0.15) is 4.98 Å². The zero-order valence-electron chi connectivity index (χ0n) is 11.2. The Labute approximate surface area is 123 Å². The molecule has 21 heavy (non-hydrogen) atoms. The maximum Gasteiger partial charge on any atom is 0.252 e. The van der Waals surface area contributed by atoms with E-state index in [0.29, 0.717) is 41.0 Å². The number of nitrogens with one attached hydrogen (secondary N) is 2. The van der Waals surface area contributed by atoms with Crippen molar-refractivity contribution >= 4 is 39.4 Å². The van der Waals surface area contributed by atoms with Crippen LogP contribution in [0.4, 0.5) is 10.9 Å². The van der Waals surface area contributed by atoms with Crippen LogP contribution in [0.25, 0.3) is 11.2 Å². The molecule has 3 aromatic heterocycles. The third kappa shape index (κ3) is 3.14. The van der Waals surface area contributed by atoms with Crippen molar-refractivity contribution in [3.05, 3.63) is 23.8 Å². The van der Waals surface area contributed by atoms with Crippen LogP contribution in [0.1, 0.15) is 12.3 Å². The van der Waals surface area contributed by atoms with Gasteiger partial charge in [-0.3, -0.25) is 4.79 Å². The van der Waals surface area contributed by atoms with Crippen LogP contribution in [0.15, 0.2) is 22.3 Å². The van der Waals surface area contributed by atoms with E-state index in [-0.39, 0.29) is 5.91 Å². The molecule has 0 aliphatic rings. The number of carbonyl (C=O) groups excluding carboxylic acids is 1. The molecule has 0 bridgehead atoms. The first-order valence-electron chi connectivity index (χ1n) is 6.24. The van der Waals surface area contributed by atoms with Crippen LogP contribution in [-0.4, -0.2) is 32.4 Å². The molecule has 0 fully saturated rings. The van der Waals surface area contributed by atoms with Gasteiger partial charge in [-0.25, -0.2) is 15.0 Å². The first-order chi connectivity index (χ1) is 10.2. The van der Waals surface area contributed by atoms with Crippen LogP contribution in [-0.2, 0) is 4.79 Å². The van der Waals surface area contributed by atoms with Crippen LogP contribution in [0.3, 0.4) is 0 Å². The van der Waals surface area contributed by atoms with E-state index in [1.165, 1.54) is 17.7 Å². The van der Waals surface area contributed by atoms with Crippen molar-refractivity contribution < 1.29 is 9.21 Å². The molecule has 3 heterocycles. The van der Waals surface area contributed by atoms with Crippen molar-refractivity contribution in [3.8, 4) is 0 Å². The zero-order valence-corrected chi connectivity index (χ0v) is 12.0. The Bertz CT molecular complexity index is 754. The minimum absolute atomic E-state index is 0.112. The molecule has 0 saturated heterocycles. The highest BCUT2D eigenvalue weighted by atomic mass is 32.1. The van der Waals surface area contributed by atoms with Gasteiger partial charge in [0.25, 0.3) is 5.71 Å². The molecular formula is C12H12N6O2S. The number of carbonyl (C=O) groups is 1. The Kier molecular flexibility index (Phi) is 3.73. The lowest BCUT2D eigenvalue weighted by Crippen LogP contribution is -2.16. The lowest BCUT2D eigenvalue weighted by molar-refractivity contribution is -0.115. The second kappa shape index (κ2) is 5.83. The Balaban J connectivity index is 1.58. The number of hydrogen-bond donors (Lipinski definition) is 2. The molecule has 3 rings (SSSR count). The topological polar surface area (TPSA) is 106 Å². The Morgan fingerprint density at radius 1 is 1.38 bits per heavy atom. The standard InChI is InChI=1S/C12H12N6O2S/c1-7-17-9-10(15-6-16-11(9)20-7)13-3-2-8(19)18-12-14-4-5-21-12/h4-6H,2-3H2,1H3,(H,13,15,16)(H,14,18,19). The van der Waals surface area contributed by atoms with Gasteiger partial charge >= 0.3 is 0 Å². The van der Waals surface area contributed by atoms with Crippen molar-refractivity contribution in [2.24, 2.45) is 0 Å². The van der Waals surface area contributed by atoms with Crippen molar-refractivity contribution in [2.75, 3.05) is 17.2 Å². The molecule has 8 nitrogen and oxygen atoms in total. The summed E-state index contributed by atoms with van der Waals surface area (Å²) in [7, 11) is 0. The van der Waals surface area contributed by atoms with Crippen molar-refractivity contribution in [1.29, 1.82) is 0 Å². The van der Waals surface area contributed by atoms with Gasteiger partial charge in [0.2, 0.25) is 5.91 Å². The second-order valence-electron chi connectivity index (χ2n) is 4.17. The number of anilines is 2. The smallest absolute Gasteiger partial charge is 0.252 e. The first-order valence-corrected chi connectivity index (χ1v) is 7.11. The zero-order chi connectivity index (χ0) is 14.7. The normalized spacial score (nSPS) is 10.7. The van der Waals surface area contributed by atoms with E-state index >= 15 is 0 Å². The minimum atomic E-state index is -0.112. The summed E-state index contributed by atoms with van der Waals surface area (Å²) in [6.45, 7) is 2.17. The molecule has 1 amide bonds. The van der Waals surface area contributed by atoms with Crippen LogP contribution in [0.5, 0.6) is 0 Å². The van der Waals surface area contributed by atoms with Crippen molar-refractivity contribution in [2.45, 2.75) is 13.3 Å².